The highest BCUT2D eigenvalue weighted by Gasteiger charge is 2.24. The number of fused-ring (bicyclic) bond motifs is 1. The Morgan fingerprint density at radius 3 is 2.90 bits per heavy atom. The van der Waals surface area contributed by atoms with Crippen LogP contribution in [0.2, 0.25) is 0 Å². The maximum absolute atomic E-state index is 10.9. The lowest BCUT2D eigenvalue weighted by atomic mass is 9.81. The molecule has 2 aromatic rings. The number of primary amides is 1. The number of hydrogen-bond donors (Lipinski definition) is 2. The molecule has 0 fully saturated rings. The van der Waals surface area contributed by atoms with Crippen molar-refractivity contribution in [2.24, 2.45) is 5.73 Å². The van der Waals surface area contributed by atoms with E-state index in [0.717, 1.165) is 12.1 Å². The molecule has 3 N–H and O–H groups in total. The molecule has 0 spiro atoms. The molecule has 5 heteroatoms. The highest BCUT2D eigenvalue weighted by Crippen LogP contribution is 2.38. The molecule has 1 aromatic heterocycles. The number of rotatable bonds is 4. The van der Waals surface area contributed by atoms with Crippen LogP contribution in [0.5, 0.6) is 0 Å². The van der Waals surface area contributed by atoms with E-state index in [4.69, 9.17) is 5.73 Å². The minimum Gasteiger partial charge on any atom is -0.376 e. The molecule has 0 bridgehead atoms. The lowest BCUT2D eigenvalue weighted by Gasteiger charge is -2.30. The second kappa shape index (κ2) is 5.60. The van der Waals surface area contributed by atoms with Crippen molar-refractivity contribution in [1.29, 1.82) is 0 Å². The van der Waals surface area contributed by atoms with Crippen LogP contribution in [0, 0.1) is 0 Å². The van der Waals surface area contributed by atoms with E-state index in [-0.39, 0.29) is 12.5 Å². The van der Waals surface area contributed by atoms with Gasteiger partial charge in [-0.1, -0.05) is 31.2 Å². The summed E-state index contributed by atoms with van der Waals surface area (Å²) in [6.07, 6.45) is 5.83. The van der Waals surface area contributed by atoms with E-state index in [2.05, 4.69) is 41.6 Å². The monoisotopic (exact) mass is 284 g/mol. The van der Waals surface area contributed by atoms with Crippen molar-refractivity contribution in [3.8, 4) is 0 Å². The Morgan fingerprint density at radius 1 is 1.38 bits per heavy atom. The first-order chi connectivity index (χ1) is 10.1. The predicted molar refractivity (Wildman–Crippen MR) is 81.9 cm³/mol. The van der Waals surface area contributed by atoms with E-state index < -0.39 is 0 Å². The lowest BCUT2D eigenvalue weighted by molar-refractivity contribution is -0.118. The molecule has 1 aliphatic carbocycles. The van der Waals surface area contributed by atoms with Gasteiger partial charge in [0.05, 0.1) is 17.9 Å². The standard InChI is InChI=1S/C16H20N4O/c1-11-6-7-15(14-5-3-2-4-13(11)14)19-12-8-18-20(9-12)10-16(17)21/h2-5,8-9,11,15,19H,6-7,10H2,1H3,(H2,17,21). The normalized spacial score (nSPS) is 20.8. The number of benzene rings is 1. The number of carbonyl (C=O) groups is 1. The van der Waals surface area contributed by atoms with Gasteiger partial charge >= 0.3 is 0 Å². The van der Waals surface area contributed by atoms with Crippen molar-refractivity contribution in [3.05, 3.63) is 47.8 Å². The van der Waals surface area contributed by atoms with Crippen LogP contribution in [0.15, 0.2) is 36.7 Å². The van der Waals surface area contributed by atoms with E-state index in [9.17, 15) is 4.79 Å². The van der Waals surface area contributed by atoms with Gasteiger partial charge < -0.3 is 11.1 Å². The molecule has 2 atom stereocenters. The van der Waals surface area contributed by atoms with Gasteiger partial charge in [-0.25, -0.2) is 0 Å². The summed E-state index contributed by atoms with van der Waals surface area (Å²) in [7, 11) is 0. The average Bonchev–Trinajstić information content (AvgIpc) is 2.89. The van der Waals surface area contributed by atoms with Gasteiger partial charge in [0.25, 0.3) is 0 Å². The van der Waals surface area contributed by atoms with E-state index >= 15 is 0 Å². The second-order valence-corrected chi connectivity index (χ2v) is 5.70. The van der Waals surface area contributed by atoms with E-state index in [1.807, 2.05) is 6.20 Å². The van der Waals surface area contributed by atoms with Crippen LogP contribution in [0.25, 0.3) is 0 Å². The summed E-state index contributed by atoms with van der Waals surface area (Å²) < 4.78 is 1.56. The maximum atomic E-state index is 10.9. The molecule has 21 heavy (non-hydrogen) atoms. The molecular formula is C16H20N4O. The van der Waals surface area contributed by atoms with Gasteiger partial charge in [0, 0.05) is 6.20 Å². The average molecular weight is 284 g/mol. The molecule has 1 aromatic carbocycles. The fourth-order valence-electron chi connectivity index (χ4n) is 3.04. The summed E-state index contributed by atoms with van der Waals surface area (Å²) in [5, 5.41) is 7.66. The first-order valence-electron chi connectivity index (χ1n) is 7.29. The molecule has 0 saturated carbocycles. The third kappa shape index (κ3) is 2.91. The number of nitrogens with zero attached hydrogens (tertiary/aromatic N) is 2. The Morgan fingerprint density at radius 2 is 2.14 bits per heavy atom. The molecule has 1 aliphatic rings. The zero-order valence-corrected chi connectivity index (χ0v) is 12.1. The number of amides is 1. The molecule has 0 radical (unpaired) electrons. The van der Waals surface area contributed by atoms with Gasteiger partial charge in [0.1, 0.15) is 6.54 Å². The topological polar surface area (TPSA) is 72.9 Å². The fraction of sp³-hybridized carbons (Fsp3) is 0.375. The van der Waals surface area contributed by atoms with Crippen molar-refractivity contribution in [3.63, 3.8) is 0 Å². The molecule has 2 unspecified atom stereocenters. The van der Waals surface area contributed by atoms with Gasteiger partial charge in [-0.3, -0.25) is 9.48 Å². The smallest absolute Gasteiger partial charge is 0.239 e. The zero-order chi connectivity index (χ0) is 14.8. The van der Waals surface area contributed by atoms with Crippen molar-refractivity contribution in [1.82, 2.24) is 9.78 Å². The van der Waals surface area contributed by atoms with Gasteiger partial charge in [0.15, 0.2) is 0 Å². The van der Waals surface area contributed by atoms with Crippen LogP contribution >= 0.6 is 0 Å². The van der Waals surface area contributed by atoms with Gasteiger partial charge in [-0.05, 0) is 29.9 Å². The van der Waals surface area contributed by atoms with E-state index in [1.54, 1.807) is 10.9 Å². The van der Waals surface area contributed by atoms with Crippen molar-refractivity contribution in [2.75, 3.05) is 5.32 Å². The number of hydrogen-bond acceptors (Lipinski definition) is 3. The molecule has 0 saturated heterocycles. The molecule has 5 nitrogen and oxygen atoms in total. The van der Waals surface area contributed by atoms with Crippen LogP contribution in [0.4, 0.5) is 5.69 Å². The van der Waals surface area contributed by atoms with Crippen LogP contribution in [-0.2, 0) is 11.3 Å². The molecule has 3 rings (SSSR count). The fourth-order valence-corrected chi connectivity index (χ4v) is 3.04. The first-order valence-corrected chi connectivity index (χ1v) is 7.29. The van der Waals surface area contributed by atoms with Crippen LogP contribution in [0.3, 0.4) is 0 Å². The van der Waals surface area contributed by atoms with Crippen molar-refractivity contribution < 1.29 is 4.79 Å². The van der Waals surface area contributed by atoms with Crippen LogP contribution in [0.1, 0.15) is 42.9 Å². The van der Waals surface area contributed by atoms with Crippen molar-refractivity contribution >= 4 is 11.6 Å². The third-order valence-electron chi connectivity index (χ3n) is 4.08. The minimum atomic E-state index is -0.388. The number of nitrogens with one attached hydrogen (secondary N) is 1. The summed E-state index contributed by atoms with van der Waals surface area (Å²) >= 11 is 0. The summed E-state index contributed by atoms with van der Waals surface area (Å²) in [4.78, 5) is 10.9. The lowest BCUT2D eigenvalue weighted by Crippen LogP contribution is -2.19. The maximum Gasteiger partial charge on any atom is 0.239 e. The largest absolute Gasteiger partial charge is 0.376 e. The third-order valence-corrected chi connectivity index (χ3v) is 4.08. The number of anilines is 1. The van der Waals surface area contributed by atoms with Crippen LogP contribution in [-0.4, -0.2) is 15.7 Å². The summed E-state index contributed by atoms with van der Waals surface area (Å²) in [6.45, 7) is 2.39. The summed E-state index contributed by atoms with van der Waals surface area (Å²) in [5.41, 5.74) is 8.88. The summed E-state index contributed by atoms with van der Waals surface area (Å²) in [5.74, 6) is 0.221. The first kappa shape index (κ1) is 13.7. The molecule has 110 valence electrons. The molecule has 1 heterocycles. The van der Waals surface area contributed by atoms with Gasteiger partial charge in [-0.2, -0.15) is 5.10 Å². The van der Waals surface area contributed by atoms with Crippen LogP contribution < -0.4 is 11.1 Å². The molecular weight excluding hydrogens is 264 g/mol. The zero-order valence-electron chi connectivity index (χ0n) is 12.1. The predicted octanol–water partition coefficient (Wildman–Crippen LogP) is 2.42. The van der Waals surface area contributed by atoms with Crippen molar-refractivity contribution in [2.45, 2.75) is 38.3 Å². The Labute approximate surface area is 124 Å². The van der Waals surface area contributed by atoms with E-state index in [1.165, 1.54) is 17.5 Å². The molecule has 1 amide bonds. The Kier molecular flexibility index (Phi) is 3.64. The highest BCUT2D eigenvalue weighted by molar-refractivity contribution is 5.73. The Balaban J connectivity index is 1.78. The quantitative estimate of drug-likeness (QED) is 0.905. The van der Waals surface area contributed by atoms with E-state index in [0.29, 0.717) is 12.0 Å². The number of carbonyl (C=O) groups excluding carboxylic acids is 1. The number of nitrogens with two attached hydrogens (primary N) is 1. The second-order valence-electron chi connectivity index (χ2n) is 5.70. The Bertz CT molecular complexity index is 649. The Hall–Kier alpha value is -2.30. The van der Waals surface area contributed by atoms with Gasteiger partial charge in [0.2, 0.25) is 5.91 Å². The summed E-state index contributed by atoms with van der Waals surface area (Å²) in [6, 6.07) is 8.88. The minimum absolute atomic E-state index is 0.111. The molecule has 0 aliphatic heterocycles. The number of aromatic nitrogens is 2. The van der Waals surface area contributed by atoms with Gasteiger partial charge in [-0.15, -0.1) is 0 Å². The SMILES string of the molecule is CC1CCC(Nc2cnn(CC(N)=O)c2)c2ccccc21. The highest BCUT2D eigenvalue weighted by atomic mass is 16.1.